The van der Waals surface area contributed by atoms with E-state index in [-0.39, 0.29) is 17.9 Å². The van der Waals surface area contributed by atoms with Gasteiger partial charge in [-0.1, -0.05) is 34.1 Å². The standard InChI is InChI=1S/C11H24O3/c1-6-11(4,5)9(3)10(13)14-7-8(2)12/h8-10,12-13H,6-7H2,1-5H3/t8-,9-,10-/m0/s1. The van der Waals surface area contributed by atoms with Crippen molar-refractivity contribution in [3.8, 4) is 0 Å². The zero-order valence-electron chi connectivity index (χ0n) is 9.95. The number of aliphatic hydroxyl groups excluding tert-OH is 2. The Hall–Kier alpha value is -0.120. The fraction of sp³-hybridized carbons (Fsp3) is 1.00. The second kappa shape index (κ2) is 5.69. The normalized spacial score (nSPS) is 19.1. The van der Waals surface area contributed by atoms with Gasteiger partial charge in [0.25, 0.3) is 0 Å². The monoisotopic (exact) mass is 204 g/mol. The summed E-state index contributed by atoms with van der Waals surface area (Å²) in [6, 6.07) is 0. The van der Waals surface area contributed by atoms with Crippen LogP contribution in [0.3, 0.4) is 0 Å². The quantitative estimate of drug-likeness (QED) is 0.648. The molecule has 14 heavy (non-hydrogen) atoms. The van der Waals surface area contributed by atoms with Crippen LogP contribution in [0.2, 0.25) is 0 Å². The summed E-state index contributed by atoms with van der Waals surface area (Å²) in [6.07, 6.45) is -0.329. The lowest BCUT2D eigenvalue weighted by Crippen LogP contribution is -2.34. The van der Waals surface area contributed by atoms with Crippen LogP contribution in [0.25, 0.3) is 0 Å². The summed E-state index contributed by atoms with van der Waals surface area (Å²) in [6.45, 7) is 10.1. The second-order valence-corrected chi connectivity index (χ2v) is 4.70. The summed E-state index contributed by atoms with van der Waals surface area (Å²) in [5.74, 6) is 0.0613. The van der Waals surface area contributed by atoms with Crippen LogP contribution in [0.5, 0.6) is 0 Å². The first-order valence-electron chi connectivity index (χ1n) is 5.29. The van der Waals surface area contributed by atoms with E-state index in [1.165, 1.54) is 0 Å². The maximum absolute atomic E-state index is 9.70. The van der Waals surface area contributed by atoms with E-state index in [9.17, 15) is 5.11 Å². The SMILES string of the molecule is CCC(C)(C)[C@@H](C)[C@@H](O)OC[C@H](C)O. The molecule has 0 heterocycles. The van der Waals surface area contributed by atoms with E-state index in [0.717, 1.165) is 6.42 Å². The van der Waals surface area contributed by atoms with Crippen molar-refractivity contribution in [3.05, 3.63) is 0 Å². The van der Waals surface area contributed by atoms with Gasteiger partial charge in [-0.15, -0.1) is 0 Å². The van der Waals surface area contributed by atoms with E-state index < -0.39 is 12.4 Å². The average Bonchev–Trinajstić information content (AvgIpc) is 2.12. The molecule has 0 saturated carbocycles. The second-order valence-electron chi connectivity index (χ2n) is 4.70. The first-order valence-corrected chi connectivity index (χ1v) is 5.29. The minimum absolute atomic E-state index is 0.0537. The lowest BCUT2D eigenvalue weighted by Gasteiger charge is -2.34. The van der Waals surface area contributed by atoms with E-state index in [0.29, 0.717) is 0 Å². The number of ether oxygens (including phenoxy) is 1. The Kier molecular flexibility index (Phi) is 5.64. The van der Waals surface area contributed by atoms with Crippen molar-refractivity contribution in [2.45, 2.75) is 53.4 Å². The Morgan fingerprint density at radius 2 is 1.71 bits per heavy atom. The van der Waals surface area contributed by atoms with Crippen molar-refractivity contribution < 1.29 is 14.9 Å². The van der Waals surface area contributed by atoms with Gasteiger partial charge in [0.2, 0.25) is 0 Å². The highest BCUT2D eigenvalue weighted by atomic mass is 16.6. The molecule has 0 fully saturated rings. The number of rotatable bonds is 6. The van der Waals surface area contributed by atoms with Crippen LogP contribution in [-0.4, -0.2) is 29.2 Å². The van der Waals surface area contributed by atoms with Gasteiger partial charge in [-0.2, -0.15) is 0 Å². The first-order chi connectivity index (χ1) is 6.31. The van der Waals surface area contributed by atoms with Crippen LogP contribution < -0.4 is 0 Å². The maximum atomic E-state index is 9.70. The lowest BCUT2D eigenvalue weighted by molar-refractivity contribution is -0.167. The molecule has 0 aromatic rings. The van der Waals surface area contributed by atoms with Gasteiger partial charge < -0.3 is 14.9 Å². The molecule has 3 nitrogen and oxygen atoms in total. The van der Waals surface area contributed by atoms with Crippen molar-refractivity contribution in [1.82, 2.24) is 0 Å². The van der Waals surface area contributed by atoms with Gasteiger partial charge in [-0.3, -0.25) is 0 Å². The molecule has 0 aliphatic carbocycles. The summed E-state index contributed by atoms with van der Waals surface area (Å²) in [5, 5.41) is 18.7. The average molecular weight is 204 g/mol. The van der Waals surface area contributed by atoms with Crippen molar-refractivity contribution >= 4 is 0 Å². The zero-order valence-corrected chi connectivity index (χ0v) is 9.95. The minimum Gasteiger partial charge on any atom is -0.391 e. The van der Waals surface area contributed by atoms with Crippen molar-refractivity contribution in [1.29, 1.82) is 0 Å². The number of hydrogen-bond donors (Lipinski definition) is 2. The Morgan fingerprint density at radius 1 is 1.21 bits per heavy atom. The van der Waals surface area contributed by atoms with Crippen LogP contribution in [0.1, 0.15) is 41.0 Å². The highest BCUT2D eigenvalue weighted by Crippen LogP contribution is 2.32. The predicted octanol–water partition coefficient (Wildman–Crippen LogP) is 1.77. The van der Waals surface area contributed by atoms with E-state index in [1.54, 1.807) is 6.92 Å². The molecule has 2 N–H and O–H groups in total. The molecule has 0 amide bonds. The van der Waals surface area contributed by atoms with E-state index in [1.807, 2.05) is 6.92 Å². The largest absolute Gasteiger partial charge is 0.391 e. The molecule has 0 spiro atoms. The van der Waals surface area contributed by atoms with Crippen LogP contribution >= 0.6 is 0 Å². The molecule has 0 aromatic heterocycles. The number of hydrogen-bond acceptors (Lipinski definition) is 3. The van der Waals surface area contributed by atoms with Gasteiger partial charge in [0.1, 0.15) is 0 Å². The fourth-order valence-corrected chi connectivity index (χ4v) is 1.09. The van der Waals surface area contributed by atoms with Crippen molar-refractivity contribution in [2.24, 2.45) is 11.3 Å². The van der Waals surface area contributed by atoms with Crippen LogP contribution in [0.4, 0.5) is 0 Å². The Labute approximate surface area is 87.1 Å². The van der Waals surface area contributed by atoms with Gasteiger partial charge >= 0.3 is 0 Å². The highest BCUT2D eigenvalue weighted by Gasteiger charge is 2.30. The van der Waals surface area contributed by atoms with Crippen LogP contribution in [-0.2, 0) is 4.74 Å². The molecule has 0 saturated heterocycles. The molecule has 0 rings (SSSR count). The van der Waals surface area contributed by atoms with Crippen LogP contribution in [0, 0.1) is 11.3 Å². The van der Waals surface area contributed by atoms with E-state index in [2.05, 4.69) is 20.8 Å². The Balaban J connectivity index is 4.04. The summed E-state index contributed by atoms with van der Waals surface area (Å²) in [4.78, 5) is 0. The van der Waals surface area contributed by atoms with Gasteiger partial charge in [0, 0.05) is 5.92 Å². The Morgan fingerprint density at radius 3 is 2.07 bits per heavy atom. The maximum Gasteiger partial charge on any atom is 0.157 e. The molecule has 0 aromatic carbocycles. The molecule has 3 heteroatoms. The van der Waals surface area contributed by atoms with Gasteiger partial charge in [-0.25, -0.2) is 0 Å². The molecular weight excluding hydrogens is 180 g/mol. The molecule has 3 atom stereocenters. The van der Waals surface area contributed by atoms with E-state index >= 15 is 0 Å². The summed E-state index contributed by atoms with van der Waals surface area (Å²) < 4.78 is 5.16. The lowest BCUT2D eigenvalue weighted by atomic mass is 9.77. The number of aliphatic hydroxyl groups is 2. The molecule has 0 radical (unpaired) electrons. The first kappa shape index (κ1) is 13.9. The smallest absolute Gasteiger partial charge is 0.157 e. The molecule has 86 valence electrons. The van der Waals surface area contributed by atoms with Gasteiger partial charge in [0.15, 0.2) is 6.29 Å². The molecule has 0 unspecified atom stereocenters. The molecule has 0 aliphatic heterocycles. The zero-order chi connectivity index (χ0) is 11.4. The summed E-state index contributed by atoms with van der Waals surface area (Å²) in [7, 11) is 0. The van der Waals surface area contributed by atoms with Crippen LogP contribution in [0.15, 0.2) is 0 Å². The fourth-order valence-electron chi connectivity index (χ4n) is 1.09. The topological polar surface area (TPSA) is 49.7 Å². The van der Waals surface area contributed by atoms with Gasteiger partial charge in [0.05, 0.1) is 12.7 Å². The van der Waals surface area contributed by atoms with Gasteiger partial charge in [-0.05, 0) is 12.3 Å². The molecular formula is C11H24O3. The minimum atomic E-state index is -0.792. The highest BCUT2D eigenvalue weighted by molar-refractivity contribution is 4.75. The van der Waals surface area contributed by atoms with Crippen molar-refractivity contribution in [3.63, 3.8) is 0 Å². The third-order valence-electron chi connectivity index (χ3n) is 3.08. The predicted molar refractivity (Wildman–Crippen MR) is 56.9 cm³/mol. The Bertz CT molecular complexity index is 155. The van der Waals surface area contributed by atoms with E-state index in [4.69, 9.17) is 9.84 Å². The van der Waals surface area contributed by atoms with Crippen molar-refractivity contribution in [2.75, 3.05) is 6.61 Å². The third kappa shape index (κ3) is 4.40. The summed E-state index contributed by atoms with van der Waals surface area (Å²) >= 11 is 0. The molecule has 0 aliphatic rings. The summed E-state index contributed by atoms with van der Waals surface area (Å²) in [5.41, 5.74) is 0.0537. The molecule has 0 bridgehead atoms. The third-order valence-corrected chi connectivity index (χ3v) is 3.08.